The number of likely N-dealkylation sites (N-methyl/N-ethyl adjacent to an activating group) is 1. The van der Waals surface area contributed by atoms with Crippen LogP contribution in [0.25, 0.3) is 0 Å². The van der Waals surface area contributed by atoms with Gasteiger partial charge in [0, 0.05) is 33.3 Å². The third kappa shape index (κ3) is 3.97. The minimum absolute atomic E-state index is 0.0209. The van der Waals surface area contributed by atoms with Crippen molar-refractivity contribution in [3.63, 3.8) is 0 Å². The van der Waals surface area contributed by atoms with Crippen LogP contribution in [0.5, 0.6) is 5.75 Å². The summed E-state index contributed by atoms with van der Waals surface area (Å²) in [6.45, 7) is 2.40. The molecule has 22 heavy (non-hydrogen) atoms. The van der Waals surface area contributed by atoms with E-state index in [4.69, 9.17) is 4.74 Å². The molecule has 0 radical (unpaired) electrons. The quantitative estimate of drug-likeness (QED) is 0.868. The molecular formula is C15H21N5O2. The van der Waals surface area contributed by atoms with Crippen LogP contribution < -0.4 is 10.1 Å². The summed E-state index contributed by atoms with van der Waals surface area (Å²) in [5, 5.41) is 7.40. The lowest BCUT2D eigenvalue weighted by Gasteiger charge is -2.14. The zero-order valence-corrected chi connectivity index (χ0v) is 13.3. The number of anilines is 1. The molecule has 0 aliphatic carbocycles. The van der Waals surface area contributed by atoms with E-state index >= 15 is 0 Å². The van der Waals surface area contributed by atoms with Crippen LogP contribution in [0.3, 0.4) is 0 Å². The van der Waals surface area contributed by atoms with Crippen molar-refractivity contribution in [1.82, 2.24) is 19.7 Å². The summed E-state index contributed by atoms with van der Waals surface area (Å²) >= 11 is 0. The molecule has 0 spiro atoms. The second kappa shape index (κ2) is 6.93. The van der Waals surface area contributed by atoms with Crippen LogP contribution in [0, 0.1) is 6.92 Å². The zero-order valence-electron chi connectivity index (χ0n) is 13.3. The first-order valence-corrected chi connectivity index (χ1v) is 6.99. The van der Waals surface area contributed by atoms with Gasteiger partial charge in [-0.1, -0.05) is 18.2 Å². The smallest absolute Gasteiger partial charge is 0.259 e. The van der Waals surface area contributed by atoms with Crippen LogP contribution in [0.2, 0.25) is 0 Å². The van der Waals surface area contributed by atoms with Gasteiger partial charge in [-0.05, 0) is 13.0 Å². The fourth-order valence-electron chi connectivity index (χ4n) is 1.90. The van der Waals surface area contributed by atoms with Gasteiger partial charge in [-0.15, -0.1) is 0 Å². The number of aromatic nitrogens is 3. The Bertz CT molecular complexity index is 651. The number of aryl methyl sites for hydroxylation is 2. The minimum Gasteiger partial charge on any atom is -0.483 e. The van der Waals surface area contributed by atoms with Crippen molar-refractivity contribution < 1.29 is 9.53 Å². The summed E-state index contributed by atoms with van der Waals surface area (Å²) in [7, 11) is 5.24. The van der Waals surface area contributed by atoms with Gasteiger partial charge in [0.05, 0.1) is 0 Å². The van der Waals surface area contributed by atoms with Crippen molar-refractivity contribution in [3.8, 4) is 5.75 Å². The number of rotatable bonds is 6. The lowest BCUT2D eigenvalue weighted by atomic mass is 10.2. The molecule has 0 saturated heterocycles. The molecule has 1 N–H and O–H groups in total. The zero-order chi connectivity index (χ0) is 16.1. The molecule has 1 amide bonds. The maximum Gasteiger partial charge on any atom is 0.259 e. The van der Waals surface area contributed by atoms with Crippen LogP contribution in [-0.2, 0) is 18.4 Å². The molecule has 2 rings (SSSR count). The van der Waals surface area contributed by atoms with Gasteiger partial charge in [0.1, 0.15) is 11.6 Å². The van der Waals surface area contributed by atoms with E-state index in [0.29, 0.717) is 24.1 Å². The van der Waals surface area contributed by atoms with Gasteiger partial charge < -0.3 is 15.0 Å². The average Bonchev–Trinajstić information content (AvgIpc) is 2.81. The number of carbonyl (C=O) groups excluding carboxylic acids is 1. The molecule has 0 bridgehead atoms. The fraction of sp³-hybridized carbons (Fsp3) is 0.400. The first kappa shape index (κ1) is 15.8. The molecule has 1 aromatic carbocycles. The highest BCUT2D eigenvalue weighted by Gasteiger charge is 2.09. The summed E-state index contributed by atoms with van der Waals surface area (Å²) in [4.78, 5) is 17.4. The van der Waals surface area contributed by atoms with E-state index in [1.54, 1.807) is 18.8 Å². The molecule has 118 valence electrons. The van der Waals surface area contributed by atoms with E-state index in [9.17, 15) is 4.79 Å². The lowest BCUT2D eigenvalue weighted by molar-refractivity contribution is -0.130. The van der Waals surface area contributed by atoms with Crippen LogP contribution in [0.1, 0.15) is 11.4 Å². The Hall–Kier alpha value is -2.57. The van der Waals surface area contributed by atoms with Crippen molar-refractivity contribution >= 4 is 11.9 Å². The molecule has 0 aliphatic rings. The van der Waals surface area contributed by atoms with Gasteiger partial charge in [0.15, 0.2) is 6.61 Å². The first-order valence-electron chi connectivity index (χ1n) is 6.99. The van der Waals surface area contributed by atoms with E-state index in [1.807, 2.05) is 38.2 Å². The number of amides is 1. The van der Waals surface area contributed by atoms with Gasteiger partial charge in [0.25, 0.3) is 5.91 Å². The van der Waals surface area contributed by atoms with Gasteiger partial charge >= 0.3 is 0 Å². The normalized spacial score (nSPS) is 10.4. The number of ether oxygens (including phenoxy) is 1. The predicted octanol–water partition coefficient (Wildman–Crippen LogP) is 1.20. The maximum absolute atomic E-state index is 11.6. The standard InChI is InChI=1S/C15H21N5O2/c1-11-17-15(20(4)18-11)16-9-12-7-5-6-8-13(12)22-10-14(21)19(2)3/h5-8H,9-10H2,1-4H3,(H,16,17,18). The third-order valence-corrected chi connectivity index (χ3v) is 3.13. The Morgan fingerprint density at radius 1 is 1.36 bits per heavy atom. The summed E-state index contributed by atoms with van der Waals surface area (Å²) in [5.41, 5.74) is 0.953. The second-order valence-electron chi connectivity index (χ2n) is 5.14. The lowest BCUT2D eigenvalue weighted by Crippen LogP contribution is -2.27. The van der Waals surface area contributed by atoms with Crippen LogP contribution >= 0.6 is 0 Å². The predicted molar refractivity (Wildman–Crippen MR) is 83.7 cm³/mol. The molecule has 1 aromatic heterocycles. The Kier molecular flexibility index (Phi) is 4.98. The number of hydrogen-bond acceptors (Lipinski definition) is 5. The number of para-hydroxylation sites is 1. The van der Waals surface area contributed by atoms with Gasteiger partial charge in [-0.25, -0.2) is 4.68 Å². The van der Waals surface area contributed by atoms with Crippen molar-refractivity contribution in [3.05, 3.63) is 35.7 Å². The van der Waals surface area contributed by atoms with Crippen molar-refractivity contribution in [2.45, 2.75) is 13.5 Å². The van der Waals surface area contributed by atoms with E-state index in [-0.39, 0.29) is 12.5 Å². The number of nitrogens with zero attached hydrogens (tertiary/aromatic N) is 4. The fourth-order valence-corrected chi connectivity index (χ4v) is 1.90. The highest BCUT2D eigenvalue weighted by Crippen LogP contribution is 2.19. The Morgan fingerprint density at radius 2 is 2.09 bits per heavy atom. The molecule has 0 fully saturated rings. The van der Waals surface area contributed by atoms with Crippen molar-refractivity contribution in [2.24, 2.45) is 7.05 Å². The molecule has 1 heterocycles. The molecule has 0 saturated carbocycles. The monoisotopic (exact) mass is 303 g/mol. The van der Waals surface area contributed by atoms with Gasteiger partial charge in [0.2, 0.25) is 5.95 Å². The molecule has 7 heteroatoms. The summed E-state index contributed by atoms with van der Waals surface area (Å²) < 4.78 is 7.30. The van der Waals surface area contributed by atoms with Crippen molar-refractivity contribution in [2.75, 3.05) is 26.0 Å². The van der Waals surface area contributed by atoms with E-state index in [2.05, 4.69) is 15.4 Å². The average molecular weight is 303 g/mol. The molecular weight excluding hydrogens is 282 g/mol. The molecule has 2 aromatic rings. The largest absolute Gasteiger partial charge is 0.483 e. The molecule has 7 nitrogen and oxygen atoms in total. The third-order valence-electron chi connectivity index (χ3n) is 3.13. The second-order valence-corrected chi connectivity index (χ2v) is 5.14. The SMILES string of the molecule is Cc1nc(NCc2ccccc2OCC(=O)N(C)C)n(C)n1. The Labute approximate surface area is 129 Å². The topological polar surface area (TPSA) is 72.3 Å². The number of nitrogens with one attached hydrogen (secondary N) is 1. The summed E-state index contributed by atoms with van der Waals surface area (Å²) in [6, 6.07) is 7.61. The van der Waals surface area contributed by atoms with Crippen molar-refractivity contribution in [1.29, 1.82) is 0 Å². The van der Waals surface area contributed by atoms with Crippen LogP contribution in [0.4, 0.5) is 5.95 Å². The number of benzene rings is 1. The molecule has 0 aliphatic heterocycles. The highest BCUT2D eigenvalue weighted by molar-refractivity contribution is 5.77. The Balaban J connectivity index is 2.02. The first-order chi connectivity index (χ1) is 10.5. The summed E-state index contributed by atoms with van der Waals surface area (Å²) in [6.07, 6.45) is 0. The van der Waals surface area contributed by atoms with Gasteiger partial charge in [-0.3, -0.25) is 4.79 Å². The van der Waals surface area contributed by atoms with E-state index < -0.39 is 0 Å². The molecule has 0 unspecified atom stereocenters. The maximum atomic E-state index is 11.6. The minimum atomic E-state index is -0.0771. The van der Waals surface area contributed by atoms with E-state index in [1.165, 1.54) is 4.90 Å². The molecule has 0 atom stereocenters. The Morgan fingerprint density at radius 3 is 2.73 bits per heavy atom. The summed E-state index contributed by atoms with van der Waals surface area (Å²) in [5.74, 6) is 2.01. The van der Waals surface area contributed by atoms with Crippen LogP contribution in [0.15, 0.2) is 24.3 Å². The van der Waals surface area contributed by atoms with Gasteiger partial charge in [-0.2, -0.15) is 10.1 Å². The van der Waals surface area contributed by atoms with Crippen LogP contribution in [-0.4, -0.2) is 46.3 Å². The number of carbonyl (C=O) groups is 1. The highest BCUT2D eigenvalue weighted by atomic mass is 16.5. The van der Waals surface area contributed by atoms with E-state index in [0.717, 1.165) is 5.56 Å². The number of hydrogen-bond donors (Lipinski definition) is 1.